The van der Waals surface area contributed by atoms with Crippen molar-refractivity contribution >= 4 is 34.8 Å². The summed E-state index contributed by atoms with van der Waals surface area (Å²) in [6.45, 7) is -0.573. The van der Waals surface area contributed by atoms with E-state index in [-0.39, 0.29) is 27.9 Å². The van der Waals surface area contributed by atoms with Gasteiger partial charge in [-0.25, -0.2) is 4.98 Å². The van der Waals surface area contributed by atoms with E-state index in [4.69, 9.17) is 16.3 Å². The summed E-state index contributed by atoms with van der Waals surface area (Å²) in [6.07, 6.45) is -3.21. The molecule has 4 rings (SSSR count). The number of halogens is 4. The zero-order chi connectivity index (χ0) is 22.2. The second-order valence-electron chi connectivity index (χ2n) is 6.55. The summed E-state index contributed by atoms with van der Waals surface area (Å²) in [5.41, 5.74) is -1.12. The molecular weight excluding hydrogens is 435 g/mol. The van der Waals surface area contributed by atoms with E-state index < -0.39 is 35.8 Å². The van der Waals surface area contributed by atoms with Crippen molar-refractivity contribution in [2.75, 3.05) is 16.8 Å². The van der Waals surface area contributed by atoms with Gasteiger partial charge in [0, 0.05) is 11.2 Å². The van der Waals surface area contributed by atoms with Gasteiger partial charge >= 0.3 is 6.18 Å². The summed E-state index contributed by atoms with van der Waals surface area (Å²) >= 11 is 6.06. The summed E-state index contributed by atoms with van der Waals surface area (Å²) < 4.78 is 45.4. The summed E-state index contributed by atoms with van der Waals surface area (Å²) in [6, 6.07) is 12.1. The zero-order valence-corrected chi connectivity index (χ0v) is 16.4. The number of fused-ring (bicyclic) bond motifs is 2. The average molecular weight is 448 g/mol. The molecule has 0 bridgehead atoms. The molecule has 0 radical (unpaired) electrons. The number of para-hydroxylation sites is 1. The summed E-state index contributed by atoms with van der Waals surface area (Å²) in [7, 11) is 0. The van der Waals surface area contributed by atoms with Crippen LogP contribution in [0.1, 0.15) is 15.9 Å². The van der Waals surface area contributed by atoms with Crippen molar-refractivity contribution in [3.8, 4) is 11.6 Å². The largest absolute Gasteiger partial charge is 0.436 e. The Kier molecular flexibility index (Phi) is 5.28. The lowest BCUT2D eigenvalue weighted by Gasteiger charge is -2.22. The maximum Gasteiger partial charge on any atom is 0.418 e. The van der Waals surface area contributed by atoms with Crippen molar-refractivity contribution in [1.29, 1.82) is 0 Å². The van der Waals surface area contributed by atoms with Gasteiger partial charge in [-0.05, 0) is 42.5 Å². The van der Waals surface area contributed by atoms with E-state index in [1.54, 1.807) is 0 Å². The van der Waals surface area contributed by atoms with Crippen LogP contribution in [-0.4, -0.2) is 23.3 Å². The van der Waals surface area contributed by atoms with E-state index in [1.807, 2.05) is 0 Å². The summed E-state index contributed by atoms with van der Waals surface area (Å²) in [5.74, 6) is -1.17. The lowest BCUT2D eigenvalue weighted by Crippen LogP contribution is -2.38. The van der Waals surface area contributed by atoms with Gasteiger partial charge in [0.1, 0.15) is 12.1 Å². The maximum atomic E-state index is 13.2. The molecule has 10 heteroatoms. The highest BCUT2D eigenvalue weighted by Gasteiger charge is 2.34. The first kappa shape index (κ1) is 20.7. The Morgan fingerprint density at radius 2 is 1.90 bits per heavy atom. The Morgan fingerprint density at radius 1 is 1.13 bits per heavy atom. The second kappa shape index (κ2) is 7.92. The van der Waals surface area contributed by atoms with Gasteiger partial charge < -0.3 is 10.1 Å². The number of anilines is 2. The summed E-state index contributed by atoms with van der Waals surface area (Å²) in [4.78, 5) is 30.9. The lowest BCUT2D eigenvalue weighted by atomic mass is 10.1. The number of amides is 2. The van der Waals surface area contributed by atoms with Gasteiger partial charge in [-0.2, -0.15) is 13.2 Å². The van der Waals surface area contributed by atoms with Crippen LogP contribution < -0.4 is 15.0 Å². The Labute approximate surface area is 179 Å². The molecule has 0 saturated heterocycles. The van der Waals surface area contributed by atoms with Crippen LogP contribution in [0.2, 0.25) is 5.02 Å². The standard InChI is InChI=1S/C21H13ClF3N3O3/c22-12-7-8-17-16(10-12)28(20(30)13-4-3-9-26-19(13)31-17)11-18(29)27-15-6-2-1-5-14(15)21(23,24)25/h1-10H,11H2,(H,27,29). The van der Waals surface area contributed by atoms with Crippen LogP contribution >= 0.6 is 11.6 Å². The van der Waals surface area contributed by atoms with E-state index in [2.05, 4.69) is 10.3 Å². The highest BCUT2D eigenvalue weighted by molar-refractivity contribution is 6.31. The highest BCUT2D eigenvalue weighted by atomic mass is 35.5. The molecule has 31 heavy (non-hydrogen) atoms. The van der Waals surface area contributed by atoms with Gasteiger partial charge in [-0.1, -0.05) is 23.7 Å². The van der Waals surface area contributed by atoms with Crippen LogP contribution in [0.3, 0.4) is 0 Å². The van der Waals surface area contributed by atoms with Crippen LogP contribution in [0.15, 0.2) is 60.8 Å². The number of nitrogens with one attached hydrogen (secondary N) is 1. The number of carbonyl (C=O) groups excluding carboxylic acids is 2. The molecule has 6 nitrogen and oxygen atoms in total. The van der Waals surface area contributed by atoms with Crippen molar-refractivity contribution in [2.45, 2.75) is 6.18 Å². The molecule has 0 fully saturated rings. The smallest absolute Gasteiger partial charge is 0.418 e. The van der Waals surface area contributed by atoms with Gasteiger partial charge in [0.25, 0.3) is 5.91 Å². The number of nitrogens with zero attached hydrogens (tertiary/aromatic N) is 2. The molecule has 0 saturated carbocycles. The molecule has 0 atom stereocenters. The fraction of sp³-hybridized carbons (Fsp3) is 0.0952. The first-order valence-corrected chi connectivity index (χ1v) is 9.32. The molecular formula is C21H13ClF3N3O3. The molecule has 2 amide bonds. The number of ether oxygens (including phenoxy) is 1. The first-order valence-electron chi connectivity index (χ1n) is 8.94. The van der Waals surface area contributed by atoms with Gasteiger partial charge in [0.05, 0.1) is 16.9 Å². The Hall–Kier alpha value is -3.59. The molecule has 1 N–H and O–H groups in total. The minimum atomic E-state index is -4.65. The number of hydrogen-bond acceptors (Lipinski definition) is 4. The molecule has 2 heterocycles. The third-order valence-electron chi connectivity index (χ3n) is 4.47. The van der Waals surface area contributed by atoms with Crippen LogP contribution in [0.25, 0.3) is 0 Å². The lowest BCUT2D eigenvalue weighted by molar-refractivity contribution is -0.137. The summed E-state index contributed by atoms with van der Waals surface area (Å²) in [5, 5.41) is 2.51. The van der Waals surface area contributed by atoms with Crippen LogP contribution in [0.5, 0.6) is 11.6 Å². The normalized spacial score (nSPS) is 13.0. The predicted molar refractivity (Wildman–Crippen MR) is 108 cm³/mol. The molecule has 1 aliphatic rings. The first-order chi connectivity index (χ1) is 14.7. The molecule has 158 valence electrons. The SMILES string of the molecule is O=C(CN1C(=O)c2cccnc2Oc2ccc(Cl)cc21)Nc1ccccc1C(F)(F)F. The van der Waals surface area contributed by atoms with E-state index in [9.17, 15) is 22.8 Å². The van der Waals surface area contributed by atoms with Gasteiger partial charge in [-0.15, -0.1) is 0 Å². The quantitative estimate of drug-likeness (QED) is 0.603. The second-order valence-corrected chi connectivity index (χ2v) is 6.99. The topological polar surface area (TPSA) is 71.5 Å². The van der Waals surface area contributed by atoms with Crippen LogP contribution in [0.4, 0.5) is 24.5 Å². The fourth-order valence-corrected chi connectivity index (χ4v) is 3.28. The van der Waals surface area contributed by atoms with Crippen LogP contribution in [0, 0.1) is 0 Å². The molecule has 1 aromatic heterocycles. The Balaban J connectivity index is 1.68. The average Bonchev–Trinajstić information content (AvgIpc) is 2.83. The minimum absolute atomic E-state index is 0.0430. The molecule has 3 aromatic rings. The van der Waals surface area contributed by atoms with E-state index in [1.165, 1.54) is 48.7 Å². The highest BCUT2D eigenvalue weighted by Crippen LogP contribution is 2.39. The number of hydrogen-bond donors (Lipinski definition) is 1. The van der Waals surface area contributed by atoms with Crippen molar-refractivity contribution in [3.63, 3.8) is 0 Å². The van der Waals surface area contributed by atoms with E-state index >= 15 is 0 Å². The number of alkyl halides is 3. The van der Waals surface area contributed by atoms with Crippen LogP contribution in [-0.2, 0) is 11.0 Å². The molecule has 0 spiro atoms. The Bertz CT molecular complexity index is 1180. The van der Waals surface area contributed by atoms with Crippen molar-refractivity contribution in [1.82, 2.24) is 4.98 Å². The number of rotatable bonds is 3. The third kappa shape index (κ3) is 4.17. The number of benzene rings is 2. The molecule has 0 aliphatic carbocycles. The molecule has 2 aromatic carbocycles. The van der Waals surface area contributed by atoms with E-state index in [0.29, 0.717) is 0 Å². The van der Waals surface area contributed by atoms with Gasteiger partial charge in [0.2, 0.25) is 11.8 Å². The fourth-order valence-electron chi connectivity index (χ4n) is 3.11. The van der Waals surface area contributed by atoms with Gasteiger partial charge in [-0.3, -0.25) is 14.5 Å². The molecule has 1 aliphatic heterocycles. The maximum absolute atomic E-state index is 13.2. The minimum Gasteiger partial charge on any atom is -0.436 e. The van der Waals surface area contributed by atoms with Crippen molar-refractivity contribution in [2.24, 2.45) is 0 Å². The van der Waals surface area contributed by atoms with Crippen molar-refractivity contribution in [3.05, 3.63) is 76.9 Å². The monoisotopic (exact) mass is 447 g/mol. The molecule has 0 unspecified atom stereocenters. The zero-order valence-electron chi connectivity index (χ0n) is 15.6. The predicted octanol–water partition coefficient (Wildman–Crippen LogP) is 5.15. The third-order valence-corrected chi connectivity index (χ3v) is 4.71. The van der Waals surface area contributed by atoms with Gasteiger partial charge in [0.15, 0.2) is 5.75 Å². The number of carbonyl (C=O) groups is 2. The van der Waals surface area contributed by atoms with E-state index in [0.717, 1.165) is 17.0 Å². The Morgan fingerprint density at radius 3 is 2.68 bits per heavy atom. The van der Waals surface area contributed by atoms with Crippen molar-refractivity contribution < 1.29 is 27.5 Å². The number of pyridine rings is 1. The number of aromatic nitrogens is 1.